The number of hydrogen-bond acceptors (Lipinski definition) is 2. The Labute approximate surface area is 130 Å². The van der Waals surface area contributed by atoms with E-state index in [4.69, 9.17) is 9.47 Å². The normalized spacial score (nSPS) is 12.1. The van der Waals surface area contributed by atoms with E-state index < -0.39 is 10.6 Å². The zero-order valence-corrected chi connectivity index (χ0v) is 13.5. The van der Waals surface area contributed by atoms with E-state index in [2.05, 4.69) is 15.9 Å². The van der Waals surface area contributed by atoms with Crippen LogP contribution in [0.4, 0.5) is 8.78 Å². The highest BCUT2D eigenvalue weighted by atomic mass is 79.9. The fourth-order valence-corrected chi connectivity index (χ4v) is 2.96. The first-order valence-electron chi connectivity index (χ1n) is 6.29. The first-order valence-corrected chi connectivity index (χ1v) is 7.21. The van der Waals surface area contributed by atoms with Gasteiger partial charge < -0.3 is 9.47 Å². The molecule has 1 atom stereocenters. The smallest absolute Gasteiger partial charge is 0.163 e. The van der Waals surface area contributed by atoms with Crippen LogP contribution in [0.15, 0.2) is 30.3 Å². The molecule has 0 amide bonds. The second kappa shape index (κ2) is 6.43. The Bertz CT molecular complexity index is 659. The molecule has 0 radical (unpaired) electrons. The van der Waals surface area contributed by atoms with Crippen molar-refractivity contribution < 1.29 is 18.3 Å². The van der Waals surface area contributed by atoms with Crippen LogP contribution in [0.2, 0.25) is 0 Å². The van der Waals surface area contributed by atoms with Gasteiger partial charge in [0.05, 0.1) is 19.0 Å². The van der Waals surface area contributed by atoms with Gasteiger partial charge in [-0.3, -0.25) is 0 Å². The summed E-state index contributed by atoms with van der Waals surface area (Å²) >= 11 is 3.44. The predicted octanol–water partition coefficient (Wildman–Crippen LogP) is 4.77. The van der Waals surface area contributed by atoms with Crippen LogP contribution >= 0.6 is 15.9 Å². The molecular formula is C16H15BrF2O2. The van der Waals surface area contributed by atoms with Crippen molar-refractivity contribution in [2.45, 2.75) is 11.8 Å². The summed E-state index contributed by atoms with van der Waals surface area (Å²) in [7, 11) is 2.93. The largest absolute Gasteiger partial charge is 0.493 e. The van der Waals surface area contributed by atoms with Gasteiger partial charge >= 0.3 is 0 Å². The molecule has 5 heteroatoms. The third-order valence-corrected chi connectivity index (χ3v) is 4.28. The van der Waals surface area contributed by atoms with Crippen LogP contribution in [0.25, 0.3) is 0 Å². The number of benzene rings is 2. The van der Waals surface area contributed by atoms with E-state index >= 15 is 0 Å². The molecule has 112 valence electrons. The number of rotatable bonds is 4. The molecule has 0 aliphatic carbocycles. The fourth-order valence-electron chi connectivity index (χ4n) is 2.12. The highest BCUT2D eigenvalue weighted by Crippen LogP contribution is 2.39. The van der Waals surface area contributed by atoms with Gasteiger partial charge in [0, 0.05) is 11.6 Å². The number of ether oxygens (including phenoxy) is 2. The van der Waals surface area contributed by atoms with Crippen LogP contribution in [-0.2, 0) is 0 Å². The number of aryl methyl sites for hydroxylation is 1. The van der Waals surface area contributed by atoms with Crippen molar-refractivity contribution in [1.29, 1.82) is 0 Å². The van der Waals surface area contributed by atoms with Crippen molar-refractivity contribution in [2.75, 3.05) is 14.2 Å². The molecule has 0 saturated heterocycles. The van der Waals surface area contributed by atoms with E-state index in [0.717, 1.165) is 5.56 Å². The van der Waals surface area contributed by atoms with E-state index in [-0.39, 0.29) is 5.82 Å². The SMILES string of the molecule is COc1cc(F)c(C(Br)c2cc(F)ccc2C)cc1OC. The fraction of sp³-hybridized carbons (Fsp3) is 0.250. The second-order valence-corrected chi connectivity index (χ2v) is 5.51. The Hall–Kier alpha value is -1.62. The third kappa shape index (κ3) is 3.18. The Morgan fingerprint density at radius 1 is 0.952 bits per heavy atom. The molecule has 0 aromatic heterocycles. The van der Waals surface area contributed by atoms with Gasteiger partial charge in [0.2, 0.25) is 0 Å². The molecular weight excluding hydrogens is 342 g/mol. The minimum absolute atomic E-state index is 0.314. The molecule has 2 nitrogen and oxygen atoms in total. The molecule has 0 aliphatic heterocycles. The van der Waals surface area contributed by atoms with Crippen LogP contribution < -0.4 is 9.47 Å². The molecule has 0 spiro atoms. The van der Waals surface area contributed by atoms with E-state index in [9.17, 15) is 8.78 Å². The van der Waals surface area contributed by atoms with Crippen molar-refractivity contribution in [3.8, 4) is 11.5 Å². The van der Waals surface area contributed by atoms with Crippen molar-refractivity contribution in [3.05, 3.63) is 58.7 Å². The lowest BCUT2D eigenvalue weighted by molar-refractivity contribution is 0.351. The van der Waals surface area contributed by atoms with Crippen LogP contribution in [0.5, 0.6) is 11.5 Å². The monoisotopic (exact) mass is 356 g/mol. The highest BCUT2D eigenvalue weighted by Gasteiger charge is 2.20. The van der Waals surface area contributed by atoms with Crippen molar-refractivity contribution in [2.24, 2.45) is 0 Å². The highest BCUT2D eigenvalue weighted by molar-refractivity contribution is 9.09. The Morgan fingerprint density at radius 3 is 2.19 bits per heavy atom. The Balaban J connectivity index is 2.52. The summed E-state index contributed by atoms with van der Waals surface area (Å²) in [5, 5.41) is 0. The third-order valence-electron chi connectivity index (χ3n) is 3.29. The molecule has 0 heterocycles. The van der Waals surface area contributed by atoms with Gasteiger partial charge in [-0.25, -0.2) is 8.78 Å². The van der Waals surface area contributed by atoms with E-state index in [1.807, 2.05) is 6.92 Å². The first kappa shape index (κ1) is 15.8. The van der Waals surface area contributed by atoms with Crippen LogP contribution in [0, 0.1) is 18.6 Å². The minimum Gasteiger partial charge on any atom is -0.493 e. The molecule has 21 heavy (non-hydrogen) atoms. The summed E-state index contributed by atoms with van der Waals surface area (Å²) in [6, 6.07) is 7.25. The van der Waals surface area contributed by atoms with E-state index in [1.165, 1.54) is 32.4 Å². The molecule has 1 unspecified atom stereocenters. The van der Waals surface area contributed by atoms with E-state index in [1.54, 1.807) is 12.1 Å². The van der Waals surface area contributed by atoms with Gasteiger partial charge in [-0.05, 0) is 36.2 Å². The standard InChI is InChI=1S/C16H15BrF2O2/c1-9-4-5-10(18)6-11(9)16(17)12-7-14(20-2)15(21-3)8-13(12)19/h4-8,16H,1-3H3. The van der Waals surface area contributed by atoms with Gasteiger partial charge in [-0.2, -0.15) is 0 Å². The van der Waals surface area contributed by atoms with Crippen molar-refractivity contribution in [1.82, 2.24) is 0 Å². The minimum atomic E-state index is -0.479. The number of alkyl halides is 1. The van der Waals surface area contributed by atoms with E-state index in [0.29, 0.717) is 22.6 Å². The lowest BCUT2D eigenvalue weighted by Crippen LogP contribution is -2.02. The molecule has 0 N–H and O–H groups in total. The number of halogens is 3. The lowest BCUT2D eigenvalue weighted by atomic mass is 9.99. The quantitative estimate of drug-likeness (QED) is 0.734. The molecule has 0 saturated carbocycles. The van der Waals surface area contributed by atoms with Crippen molar-refractivity contribution in [3.63, 3.8) is 0 Å². The van der Waals surface area contributed by atoms with Crippen LogP contribution in [-0.4, -0.2) is 14.2 Å². The van der Waals surface area contributed by atoms with Crippen LogP contribution in [0.3, 0.4) is 0 Å². The number of methoxy groups -OCH3 is 2. The average molecular weight is 357 g/mol. The topological polar surface area (TPSA) is 18.5 Å². The maximum atomic E-state index is 14.3. The maximum Gasteiger partial charge on any atom is 0.163 e. The van der Waals surface area contributed by atoms with Gasteiger partial charge in [0.1, 0.15) is 11.6 Å². The van der Waals surface area contributed by atoms with Crippen LogP contribution in [0.1, 0.15) is 21.5 Å². The Morgan fingerprint density at radius 2 is 1.57 bits per heavy atom. The molecule has 2 rings (SSSR count). The van der Waals surface area contributed by atoms with Gasteiger partial charge in [0.25, 0.3) is 0 Å². The first-order chi connectivity index (χ1) is 9.97. The summed E-state index contributed by atoms with van der Waals surface area (Å²) in [6.45, 7) is 1.85. The summed E-state index contributed by atoms with van der Waals surface area (Å²) in [5.41, 5.74) is 1.90. The average Bonchev–Trinajstić information content (AvgIpc) is 2.48. The molecule has 0 fully saturated rings. The van der Waals surface area contributed by atoms with Gasteiger partial charge in [-0.1, -0.05) is 22.0 Å². The van der Waals surface area contributed by atoms with Gasteiger partial charge in [-0.15, -0.1) is 0 Å². The lowest BCUT2D eigenvalue weighted by Gasteiger charge is -2.17. The molecule has 2 aromatic rings. The maximum absolute atomic E-state index is 14.3. The Kier molecular flexibility index (Phi) is 4.83. The van der Waals surface area contributed by atoms with Crippen molar-refractivity contribution >= 4 is 15.9 Å². The number of hydrogen-bond donors (Lipinski definition) is 0. The predicted molar refractivity (Wildman–Crippen MR) is 81.4 cm³/mol. The second-order valence-electron chi connectivity index (χ2n) is 4.59. The molecule has 0 bridgehead atoms. The zero-order valence-electron chi connectivity index (χ0n) is 11.9. The summed E-state index contributed by atoms with van der Waals surface area (Å²) in [4.78, 5) is -0.479. The van der Waals surface area contributed by atoms with Gasteiger partial charge in [0.15, 0.2) is 11.5 Å². The summed E-state index contributed by atoms with van der Waals surface area (Å²) in [5.74, 6) is -0.0686. The molecule has 0 aliphatic rings. The molecule has 2 aromatic carbocycles. The summed E-state index contributed by atoms with van der Waals surface area (Å²) < 4.78 is 37.9. The summed E-state index contributed by atoms with van der Waals surface area (Å²) in [6.07, 6.45) is 0. The zero-order chi connectivity index (χ0) is 15.6.